The van der Waals surface area contributed by atoms with Crippen LogP contribution in [0.2, 0.25) is 0 Å². The van der Waals surface area contributed by atoms with Gasteiger partial charge >= 0.3 is 6.61 Å². The predicted molar refractivity (Wildman–Crippen MR) is 112 cm³/mol. The van der Waals surface area contributed by atoms with E-state index in [0.29, 0.717) is 23.5 Å². The highest BCUT2D eigenvalue weighted by Gasteiger charge is 2.16. The molecule has 1 saturated carbocycles. The van der Waals surface area contributed by atoms with E-state index in [9.17, 15) is 8.78 Å². The number of anilines is 3. The summed E-state index contributed by atoms with van der Waals surface area (Å²) in [6.45, 7) is -2.85. The summed E-state index contributed by atoms with van der Waals surface area (Å²) in [6, 6.07) is 12.3. The Labute approximate surface area is 173 Å². The molecule has 0 atom stereocenters. The van der Waals surface area contributed by atoms with Gasteiger partial charge in [-0.15, -0.1) is 0 Å². The van der Waals surface area contributed by atoms with Crippen LogP contribution in [-0.2, 0) is 0 Å². The predicted octanol–water partition coefficient (Wildman–Crippen LogP) is 5.63. The minimum absolute atomic E-state index is 0.106. The molecule has 2 aromatic heterocycles. The third-order valence-corrected chi connectivity index (χ3v) is 4.97. The number of halogens is 2. The first kappa shape index (κ1) is 20.0. The topological polar surface area (TPSA) is 72.0 Å². The van der Waals surface area contributed by atoms with Crippen molar-refractivity contribution in [3.05, 3.63) is 54.9 Å². The number of aromatic nitrogens is 3. The first-order valence-corrected chi connectivity index (χ1v) is 10.0. The maximum absolute atomic E-state index is 12.3. The van der Waals surface area contributed by atoms with Gasteiger partial charge in [0.25, 0.3) is 0 Å². The largest absolute Gasteiger partial charge is 0.435 e. The van der Waals surface area contributed by atoms with Crippen LogP contribution in [0.15, 0.2) is 54.9 Å². The molecule has 0 bridgehead atoms. The molecule has 0 amide bonds. The van der Waals surface area contributed by atoms with Crippen molar-refractivity contribution in [2.75, 3.05) is 10.6 Å². The van der Waals surface area contributed by atoms with Gasteiger partial charge < -0.3 is 15.4 Å². The van der Waals surface area contributed by atoms with Crippen molar-refractivity contribution in [3.8, 4) is 17.0 Å². The lowest BCUT2D eigenvalue weighted by molar-refractivity contribution is -0.0498. The van der Waals surface area contributed by atoms with E-state index in [0.717, 1.165) is 24.1 Å². The van der Waals surface area contributed by atoms with Gasteiger partial charge in [0.15, 0.2) is 0 Å². The average Bonchev–Trinajstić information content (AvgIpc) is 2.76. The van der Waals surface area contributed by atoms with E-state index in [2.05, 4.69) is 30.3 Å². The molecular weight excluding hydrogens is 388 g/mol. The zero-order valence-corrected chi connectivity index (χ0v) is 16.4. The summed E-state index contributed by atoms with van der Waals surface area (Å²) in [4.78, 5) is 13.5. The van der Waals surface area contributed by atoms with E-state index >= 15 is 0 Å². The van der Waals surface area contributed by atoms with E-state index < -0.39 is 6.61 Å². The van der Waals surface area contributed by atoms with Crippen LogP contribution in [0.25, 0.3) is 11.3 Å². The van der Waals surface area contributed by atoms with Gasteiger partial charge in [-0.2, -0.15) is 13.8 Å². The second-order valence-electron chi connectivity index (χ2n) is 7.21. The van der Waals surface area contributed by atoms with Crippen LogP contribution < -0.4 is 15.4 Å². The first-order valence-electron chi connectivity index (χ1n) is 10.0. The molecule has 2 N–H and O–H groups in total. The van der Waals surface area contributed by atoms with E-state index in [-0.39, 0.29) is 5.75 Å². The number of pyridine rings is 1. The molecule has 1 fully saturated rings. The Morgan fingerprint density at radius 3 is 2.50 bits per heavy atom. The quantitative estimate of drug-likeness (QED) is 0.525. The highest BCUT2D eigenvalue weighted by atomic mass is 19.3. The van der Waals surface area contributed by atoms with Gasteiger partial charge in [0, 0.05) is 35.8 Å². The maximum atomic E-state index is 12.3. The Hall–Kier alpha value is -3.29. The van der Waals surface area contributed by atoms with E-state index in [1.165, 1.54) is 31.4 Å². The molecular formula is C22H23F2N5O. The molecule has 6 nitrogen and oxygen atoms in total. The standard InChI is InChI=1S/C22H23F2N5O/c23-21(24)30-18-10-8-17(9-11-18)26-20-13-19(15-5-4-12-25-14-15)28-22(29-20)27-16-6-2-1-3-7-16/h4-5,8-14,16,21H,1-3,6-7H2,(H2,26,27,28,29). The molecule has 1 aliphatic carbocycles. The van der Waals surface area contributed by atoms with Gasteiger partial charge in [0.05, 0.1) is 5.69 Å². The van der Waals surface area contributed by atoms with Gasteiger partial charge in [0.2, 0.25) is 5.95 Å². The van der Waals surface area contributed by atoms with Crippen LogP contribution in [-0.4, -0.2) is 27.6 Å². The molecule has 4 rings (SSSR count). The lowest BCUT2D eigenvalue weighted by atomic mass is 9.96. The van der Waals surface area contributed by atoms with Crippen molar-refractivity contribution in [1.29, 1.82) is 0 Å². The second kappa shape index (κ2) is 9.47. The van der Waals surface area contributed by atoms with Crippen molar-refractivity contribution < 1.29 is 13.5 Å². The fourth-order valence-corrected chi connectivity index (χ4v) is 3.54. The monoisotopic (exact) mass is 411 g/mol. The normalized spacial score (nSPS) is 14.5. The molecule has 0 spiro atoms. The fraction of sp³-hybridized carbons (Fsp3) is 0.318. The smallest absolute Gasteiger partial charge is 0.387 e. The van der Waals surface area contributed by atoms with Gasteiger partial charge in [0.1, 0.15) is 11.6 Å². The molecule has 30 heavy (non-hydrogen) atoms. The average molecular weight is 411 g/mol. The Morgan fingerprint density at radius 2 is 1.80 bits per heavy atom. The van der Waals surface area contributed by atoms with Crippen LogP contribution in [0.1, 0.15) is 32.1 Å². The van der Waals surface area contributed by atoms with E-state index in [4.69, 9.17) is 0 Å². The minimum atomic E-state index is -2.85. The van der Waals surface area contributed by atoms with Gasteiger partial charge in [-0.1, -0.05) is 19.3 Å². The molecule has 0 unspecified atom stereocenters. The van der Waals surface area contributed by atoms with Crippen LogP contribution in [0, 0.1) is 0 Å². The van der Waals surface area contributed by atoms with Crippen LogP contribution in [0.4, 0.5) is 26.2 Å². The molecule has 3 aromatic rings. The maximum Gasteiger partial charge on any atom is 0.387 e. The number of ether oxygens (including phenoxy) is 1. The number of hydrogen-bond acceptors (Lipinski definition) is 6. The summed E-state index contributed by atoms with van der Waals surface area (Å²) in [6.07, 6.45) is 9.37. The first-order chi connectivity index (χ1) is 14.7. The van der Waals surface area contributed by atoms with Crippen LogP contribution in [0.3, 0.4) is 0 Å². The molecule has 0 saturated heterocycles. The Bertz CT molecular complexity index is 948. The Balaban J connectivity index is 1.58. The highest BCUT2D eigenvalue weighted by Crippen LogP contribution is 2.26. The van der Waals surface area contributed by atoms with Crippen molar-refractivity contribution in [1.82, 2.24) is 15.0 Å². The SMILES string of the molecule is FC(F)Oc1ccc(Nc2cc(-c3cccnc3)nc(NC3CCCCC3)n2)cc1. The summed E-state index contributed by atoms with van der Waals surface area (Å²) in [7, 11) is 0. The van der Waals surface area contributed by atoms with Gasteiger partial charge in [-0.3, -0.25) is 4.98 Å². The van der Waals surface area contributed by atoms with Gasteiger partial charge in [-0.25, -0.2) is 4.98 Å². The number of rotatable bonds is 7. The summed E-state index contributed by atoms with van der Waals surface area (Å²) in [5.74, 6) is 1.27. The van der Waals surface area contributed by atoms with Crippen molar-refractivity contribution in [2.24, 2.45) is 0 Å². The highest BCUT2D eigenvalue weighted by molar-refractivity contribution is 5.67. The number of alkyl halides is 2. The number of benzene rings is 1. The van der Waals surface area contributed by atoms with Gasteiger partial charge in [-0.05, 0) is 49.2 Å². The van der Waals surface area contributed by atoms with E-state index in [1.54, 1.807) is 24.5 Å². The lowest BCUT2D eigenvalue weighted by Crippen LogP contribution is -2.23. The summed E-state index contributed by atoms with van der Waals surface area (Å²) in [5, 5.41) is 6.68. The number of nitrogens with one attached hydrogen (secondary N) is 2. The molecule has 1 aliphatic rings. The van der Waals surface area contributed by atoms with Crippen molar-refractivity contribution >= 4 is 17.5 Å². The van der Waals surface area contributed by atoms with Crippen molar-refractivity contribution in [3.63, 3.8) is 0 Å². The molecule has 0 radical (unpaired) electrons. The molecule has 8 heteroatoms. The molecule has 0 aliphatic heterocycles. The zero-order valence-electron chi connectivity index (χ0n) is 16.4. The second-order valence-corrected chi connectivity index (χ2v) is 7.21. The van der Waals surface area contributed by atoms with Crippen LogP contribution >= 0.6 is 0 Å². The fourth-order valence-electron chi connectivity index (χ4n) is 3.54. The van der Waals surface area contributed by atoms with Crippen molar-refractivity contribution in [2.45, 2.75) is 44.8 Å². The third-order valence-electron chi connectivity index (χ3n) is 4.97. The van der Waals surface area contributed by atoms with Crippen LogP contribution in [0.5, 0.6) is 5.75 Å². The zero-order chi connectivity index (χ0) is 20.8. The van der Waals surface area contributed by atoms with E-state index in [1.807, 2.05) is 18.2 Å². The lowest BCUT2D eigenvalue weighted by Gasteiger charge is -2.23. The molecule has 156 valence electrons. The summed E-state index contributed by atoms with van der Waals surface area (Å²) < 4.78 is 29.1. The Kier molecular flexibility index (Phi) is 6.32. The number of nitrogens with zero attached hydrogens (tertiary/aromatic N) is 3. The third kappa shape index (κ3) is 5.40. The Morgan fingerprint density at radius 1 is 1.00 bits per heavy atom. The molecule has 1 aromatic carbocycles. The number of hydrogen-bond donors (Lipinski definition) is 2. The minimum Gasteiger partial charge on any atom is -0.435 e. The summed E-state index contributed by atoms with van der Waals surface area (Å²) >= 11 is 0. The molecule has 2 heterocycles. The summed E-state index contributed by atoms with van der Waals surface area (Å²) in [5.41, 5.74) is 2.34.